The third-order valence-electron chi connectivity index (χ3n) is 4.20. The molecule has 1 fully saturated rings. The minimum absolute atomic E-state index is 0.637. The second-order valence-electron chi connectivity index (χ2n) is 6.61. The van der Waals surface area contributed by atoms with Crippen LogP contribution in [0.25, 0.3) is 0 Å². The van der Waals surface area contributed by atoms with Crippen LogP contribution in [-0.4, -0.2) is 49.8 Å². The molecule has 0 radical (unpaired) electrons. The second kappa shape index (κ2) is 8.93. The van der Waals surface area contributed by atoms with Crippen LogP contribution in [0.2, 0.25) is 0 Å². The fourth-order valence-electron chi connectivity index (χ4n) is 2.61. The van der Waals surface area contributed by atoms with Gasteiger partial charge in [0.25, 0.3) is 0 Å². The predicted molar refractivity (Wildman–Crippen MR) is 82.6 cm³/mol. The van der Waals surface area contributed by atoms with E-state index >= 15 is 0 Å². The summed E-state index contributed by atoms with van der Waals surface area (Å²) in [6, 6.07) is 1.32. The smallest absolute Gasteiger partial charge is 0.0593 e. The van der Waals surface area contributed by atoms with Crippen molar-refractivity contribution in [1.29, 1.82) is 0 Å². The minimum atomic E-state index is 0.637. The van der Waals surface area contributed by atoms with Crippen LogP contribution in [0.1, 0.15) is 47.5 Å². The van der Waals surface area contributed by atoms with Gasteiger partial charge in [0.2, 0.25) is 0 Å². The van der Waals surface area contributed by atoms with Crippen LogP contribution < -0.4 is 5.32 Å². The van der Waals surface area contributed by atoms with Gasteiger partial charge in [0.1, 0.15) is 0 Å². The zero-order valence-corrected chi connectivity index (χ0v) is 13.6. The summed E-state index contributed by atoms with van der Waals surface area (Å²) in [7, 11) is 0. The minimum Gasteiger partial charge on any atom is -0.380 e. The van der Waals surface area contributed by atoms with Gasteiger partial charge in [-0.3, -0.25) is 4.90 Å². The van der Waals surface area contributed by atoms with E-state index in [1.54, 1.807) is 0 Å². The van der Waals surface area contributed by atoms with Crippen molar-refractivity contribution in [2.45, 2.75) is 59.5 Å². The molecular formula is C16H34N2O. The predicted octanol–water partition coefficient (Wildman–Crippen LogP) is 2.76. The molecule has 19 heavy (non-hydrogen) atoms. The van der Waals surface area contributed by atoms with Crippen LogP contribution in [0.15, 0.2) is 0 Å². The summed E-state index contributed by atoms with van der Waals surface area (Å²) in [4.78, 5) is 2.62. The van der Waals surface area contributed by atoms with E-state index in [9.17, 15) is 0 Å². The molecule has 1 N–H and O–H groups in total. The van der Waals surface area contributed by atoms with E-state index in [0.717, 1.165) is 32.2 Å². The molecule has 114 valence electrons. The van der Waals surface area contributed by atoms with Gasteiger partial charge in [-0.25, -0.2) is 0 Å². The summed E-state index contributed by atoms with van der Waals surface area (Å²) in [6.45, 7) is 16.6. The highest BCUT2D eigenvalue weighted by molar-refractivity contribution is 4.86. The first kappa shape index (κ1) is 16.9. The molecule has 3 heteroatoms. The fourth-order valence-corrected chi connectivity index (χ4v) is 2.61. The van der Waals surface area contributed by atoms with Gasteiger partial charge in [0, 0.05) is 38.3 Å². The summed E-state index contributed by atoms with van der Waals surface area (Å²) in [5.74, 6) is 1.45. The molecule has 2 atom stereocenters. The van der Waals surface area contributed by atoms with Gasteiger partial charge < -0.3 is 10.1 Å². The fraction of sp³-hybridized carbons (Fsp3) is 1.00. The lowest BCUT2D eigenvalue weighted by molar-refractivity contribution is 0.0543. The lowest BCUT2D eigenvalue weighted by Gasteiger charge is -2.41. The van der Waals surface area contributed by atoms with E-state index in [-0.39, 0.29) is 0 Å². The van der Waals surface area contributed by atoms with E-state index in [2.05, 4.69) is 44.8 Å². The Hall–Kier alpha value is -0.120. The van der Waals surface area contributed by atoms with Gasteiger partial charge in [-0.2, -0.15) is 0 Å². The standard InChI is InChI=1S/C16H34N2O/c1-6-15-11-17-16(14(4)5)12-18(15)8-10-19-9-7-13(2)3/h13-17H,6-12H2,1-5H3. The lowest BCUT2D eigenvalue weighted by atomic mass is 9.98. The third-order valence-corrected chi connectivity index (χ3v) is 4.20. The molecular weight excluding hydrogens is 236 g/mol. The molecule has 1 rings (SSSR count). The molecule has 0 aromatic heterocycles. The first-order valence-electron chi connectivity index (χ1n) is 8.09. The second-order valence-corrected chi connectivity index (χ2v) is 6.61. The number of nitrogens with one attached hydrogen (secondary N) is 1. The molecule has 0 aliphatic carbocycles. The number of nitrogens with zero attached hydrogens (tertiary/aromatic N) is 1. The van der Waals surface area contributed by atoms with Crippen molar-refractivity contribution >= 4 is 0 Å². The van der Waals surface area contributed by atoms with Gasteiger partial charge in [0.05, 0.1) is 6.61 Å². The van der Waals surface area contributed by atoms with Crippen LogP contribution in [0.5, 0.6) is 0 Å². The number of hydrogen-bond donors (Lipinski definition) is 1. The van der Waals surface area contributed by atoms with Gasteiger partial charge in [-0.1, -0.05) is 34.6 Å². The molecule has 0 spiro atoms. The third kappa shape index (κ3) is 6.24. The Bertz CT molecular complexity index is 231. The Balaban J connectivity index is 2.27. The summed E-state index contributed by atoms with van der Waals surface area (Å²) in [5.41, 5.74) is 0. The Morgan fingerprint density at radius 1 is 1.21 bits per heavy atom. The highest BCUT2D eigenvalue weighted by Crippen LogP contribution is 2.14. The summed E-state index contributed by atoms with van der Waals surface area (Å²) >= 11 is 0. The largest absolute Gasteiger partial charge is 0.380 e. The van der Waals surface area contributed by atoms with Crippen molar-refractivity contribution in [2.75, 3.05) is 32.8 Å². The molecule has 0 aromatic rings. The van der Waals surface area contributed by atoms with Crippen LogP contribution in [0.4, 0.5) is 0 Å². The van der Waals surface area contributed by atoms with E-state index < -0.39 is 0 Å². The number of piperazine rings is 1. The molecule has 0 amide bonds. The quantitative estimate of drug-likeness (QED) is 0.686. The van der Waals surface area contributed by atoms with Crippen molar-refractivity contribution in [3.8, 4) is 0 Å². The van der Waals surface area contributed by atoms with Crippen LogP contribution in [-0.2, 0) is 4.74 Å². The maximum atomic E-state index is 5.77. The van der Waals surface area contributed by atoms with E-state index in [1.807, 2.05) is 0 Å². The highest BCUT2D eigenvalue weighted by Gasteiger charge is 2.27. The van der Waals surface area contributed by atoms with E-state index in [1.165, 1.54) is 19.4 Å². The normalized spacial score (nSPS) is 25.4. The monoisotopic (exact) mass is 270 g/mol. The van der Waals surface area contributed by atoms with Crippen molar-refractivity contribution < 1.29 is 4.74 Å². The number of rotatable bonds is 8. The number of hydrogen-bond acceptors (Lipinski definition) is 3. The molecule has 2 unspecified atom stereocenters. The zero-order chi connectivity index (χ0) is 14.3. The van der Waals surface area contributed by atoms with Crippen molar-refractivity contribution in [1.82, 2.24) is 10.2 Å². The van der Waals surface area contributed by atoms with Crippen LogP contribution >= 0.6 is 0 Å². The molecule has 3 nitrogen and oxygen atoms in total. The summed E-state index contributed by atoms with van der Waals surface area (Å²) < 4.78 is 5.77. The molecule has 1 heterocycles. The molecule has 1 aliphatic rings. The SMILES string of the molecule is CCC1CNC(C(C)C)CN1CCOCCC(C)C. The van der Waals surface area contributed by atoms with Gasteiger partial charge in [0.15, 0.2) is 0 Å². The summed E-state index contributed by atoms with van der Waals surface area (Å²) in [5, 5.41) is 3.68. The average Bonchev–Trinajstić information content (AvgIpc) is 2.37. The average molecular weight is 270 g/mol. The van der Waals surface area contributed by atoms with Crippen LogP contribution in [0.3, 0.4) is 0 Å². The topological polar surface area (TPSA) is 24.5 Å². The maximum absolute atomic E-state index is 5.77. The van der Waals surface area contributed by atoms with Crippen LogP contribution in [0, 0.1) is 11.8 Å². The van der Waals surface area contributed by atoms with Crippen molar-refractivity contribution in [2.24, 2.45) is 11.8 Å². The molecule has 1 aliphatic heterocycles. The Morgan fingerprint density at radius 2 is 1.95 bits per heavy atom. The molecule has 0 aromatic carbocycles. The Kier molecular flexibility index (Phi) is 7.96. The van der Waals surface area contributed by atoms with Gasteiger partial charge >= 0.3 is 0 Å². The van der Waals surface area contributed by atoms with Gasteiger partial charge in [-0.05, 0) is 24.7 Å². The van der Waals surface area contributed by atoms with E-state index in [0.29, 0.717) is 18.0 Å². The zero-order valence-electron chi connectivity index (χ0n) is 13.6. The van der Waals surface area contributed by atoms with E-state index in [4.69, 9.17) is 4.74 Å². The number of ether oxygens (including phenoxy) is 1. The Labute approximate surface area is 120 Å². The van der Waals surface area contributed by atoms with Crippen molar-refractivity contribution in [3.05, 3.63) is 0 Å². The molecule has 1 saturated heterocycles. The Morgan fingerprint density at radius 3 is 2.53 bits per heavy atom. The highest BCUT2D eigenvalue weighted by atomic mass is 16.5. The van der Waals surface area contributed by atoms with Gasteiger partial charge in [-0.15, -0.1) is 0 Å². The summed E-state index contributed by atoms with van der Waals surface area (Å²) in [6.07, 6.45) is 2.40. The first-order chi connectivity index (χ1) is 9.04. The lowest BCUT2D eigenvalue weighted by Crippen LogP contribution is -2.58. The molecule has 0 bridgehead atoms. The first-order valence-corrected chi connectivity index (χ1v) is 8.09. The molecule has 0 saturated carbocycles. The van der Waals surface area contributed by atoms with Crippen molar-refractivity contribution in [3.63, 3.8) is 0 Å². The maximum Gasteiger partial charge on any atom is 0.0593 e.